The van der Waals surface area contributed by atoms with Gasteiger partial charge in [0.15, 0.2) is 0 Å². The molecule has 0 unspecified atom stereocenters. The highest BCUT2D eigenvalue weighted by atomic mass is 14.4. The van der Waals surface area contributed by atoms with Gasteiger partial charge in [-0.25, -0.2) is 0 Å². The number of rotatable bonds is 4. The average Bonchev–Trinajstić information content (AvgIpc) is 2.62. The van der Waals surface area contributed by atoms with Gasteiger partial charge in [-0.3, -0.25) is 0 Å². The summed E-state index contributed by atoms with van der Waals surface area (Å²) in [5.74, 6) is 2.06. The van der Waals surface area contributed by atoms with Crippen molar-refractivity contribution in [3.8, 4) is 0 Å². The molecule has 2 saturated carbocycles. The Hall–Kier alpha value is -1.04. The van der Waals surface area contributed by atoms with Crippen LogP contribution in [0.2, 0.25) is 0 Å². The standard InChI is InChI=1S/C23H34/c1-3-4-16-23(22-12-10-19(2)11-13-22)17-14-21(15-18-23)20-8-6-5-7-9-20/h3-4,10-13,20-21H,5-9,14-18H2,1-2H3. The largest absolute Gasteiger partial charge is 0.0916 e. The van der Waals surface area contributed by atoms with E-state index in [1.807, 2.05) is 0 Å². The highest BCUT2D eigenvalue weighted by molar-refractivity contribution is 5.30. The zero-order valence-corrected chi connectivity index (χ0v) is 15.2. The Morgan fingerprint density at radius 1 is 0.913 bits per heavy atom. The van der Waals surface area contributed by atoms with E-state index < -0.39 is 0 Å². The third-order valence-corrected chi connectivity index (χ3v) is 6.71. The van der Waals surface area contributed by atoms with E-state index in [9.17, 15) is 0 Å². The van der Waals surface area contributed by atoms with Gasteiger partial charge in [0.05, 0.1) is 0 Å². The first-order valence-electron chi connectivity index (χ1n) is 9.92. The molecule has 2 aliphatic rings. The first-order valence-corrected chi connectivity index (χ1v) is 9.92. The Bertz CT molecular complexity index is 493. The predicted molar refractivity (Wildman–Crippen MR) is 101 cm³/mol. The molecule has 0 radical (unpaired) electrons. The molecule has 0 aromatic heterocycles. The van der Waals surface area contributed by atoms with Crippen molar-refractivity contribution in [1.29, 1.82) is 0 Å². The second kappa shape index (κ2) is 7.69. The number of benzene rings is 1. The van der Waals surface area contributed by atoms with Crippen LogP contribution < -0.4 is 0 Å². The summed E-state index contributed by atoms with van der Waals surface area (Å²) in [6, 6.07) is 9.42. The molecule has 0 N–H and O–H groups in total. The van der Waals surface area contributed by atoms with Gasteiger partial charge >= 0.3 is 0 Å². The predicted octanol–water partition coefficient (Wildman–Crippen LogP) is 6.97. The Morgan fingerprint density at radius 3 is 2.13 bits per heavy atom. The van der Waals surface area contributed by atoms with Crippen molar-refractivity contribution in [3.05, 3.63) is 47.5 Å². The van der Waals surface area contributed by atoms with Crippen molar-refractivity contribution in [2.45, 2.75) is 83.5 Å². The second-order valence-corrected chi connectivity index (χ2v) is 8.16. The number of aryl methyl sites for hydroxylation is 1. The maximum absolute atomic E-state index is 2.40. The van der Waals surface area contributed by atoms with E-state index in [4.69, 9.17) is 0 Å². The Kier molecular flexibility index (Phi) is 5.62. The van der Waals surface area contributed by atoms with Gasteiger partial charge in [-0.15, -0.1) is 0 Å². The van der Waals surface area contributed by atoms with Crippen LogP contribution in [0.4, 0.5) is 0 Å². The van der Waals surface area contributed by atoms with Gasteiger partial charge in [-0.1, -0.05) is 74.1 Å². The topological polar surface area (TPSA) is 0 Å². The molecule has 2 fully saturated rings. The zero-order valence-electron chi connectivity index (χ0n) is 15.2. The van der Waals surface area contributed by atoms with Gasteiger partial charge in [0.25, 0.3) is 0 Å². The van der Waals surface area contributed by atoms with Crippen LogP contribution in [-0.4, -0.2) is 0 Å². The highest BCUT2D eigenvalue weighted by Gasteiger charge is 2.38. The highest BCUT2D eigenvalue weighted by Crippen LogP contribution is 2.48. The first kappa shape index (κ1) is 16.8. The number of hydrogen-bond acceptors (Lipinski definition) is 0. The molecule has 23 heavy (non-hydrogen) atoms. The normalized spacial score (nSPS) is 29.9. The molecule has 0 aliphatic heterocycles. The molecule has 0 bridgehead atoms. The van der Waals surface area contributed by atoms with Crippen LogP contribution in [0.15, 0.2) is 36.4 Å². The maximum Gasteiger partial charge on any atom is -0.00123 e. The van der Waals surface area contributed by atoms with Crippen molar-refractivity contribution < 1.29 is 0 Å². The summed E-state index contributed by atoms with van der Waals surface area (Å²) in [6.45, 7) is 4.36. The number of hydrogen-bond donors (Lipinski definition) is 0. The minimum Gasteiger partial charge on any atom is -0.0916 e. The lowest BCUT2D eigenvalue weighted by Gasteiger charge is -2.43. The molecular weight excluding hydrogens is 276 g/mol. The van der Waals surface area contributed by atoms with Crippen LogP contribution in [-0.2, 0) is 5.41 Å². The summed E-state index contributed by atoms with van der Waals surface area (Å²) in [7, 11) is 0. The SMILES string of the molecule is CC=CCC1(c2ccc(C)cc2)CCC(C2CCCCC2)CC1. The molecule has 0 nitrogen and oxygen atoms in total. The molecule has 126 valence electrons. The molecule has 1 aromatic rings. The van der Waals surface area contributed by atoms with Gasteiger partial charge in [0, 0.05) is 0 Å². The third kappa shape index (κ3) is 3.90. The van der Waals surface area contributed by atoms with Crippen LogP contribution in [0.1, 0.15) is 82.3 Å². The van der Waals surface area contributed by atoms with Crippen LogP contribution >= 0.6 is 0 Å². The van der Waals surface area contributed by atoms with Crippen molar-refractivity contribution in [1.82, 2.24) is 0 Å². The Labute approximate surface area is 143 Å². The van der Waals surface area contributed by atoms with E-state index in [0.29, 0.717) is 5.41 Å². The summed E-state index contributed by atoms with van der Waals surface area (Å²) in [5.41, 5.74) is 3.37. The fraction of sp³-hybridized carbons (Fsp3) is 0.652. The molecule has 3 rings (SSSR count). The lowest BCUT2D eigenvalue weighted by atomic mass is 9.61. The summed E-state index contributed by atoms with van der Waals surface area (Å²) >= 11 is 0. The smallest absolute Gasteiger partial charge is 0.00123 e. The fourth-order valence-electron chi connectivity index (χ4n) is 5.13. The Balaban J connectivity index is 1.72. The second-order valence-electron chi connectivity index (χ2n) is 8.16. The lowest BCUT2D eigenvalue weighted by Crippen LogP contribution is -2.34. The minimum atomic E-state index is 0.408. The van der Waals surface area contributed by atoms with Gasteiger partial charge in [-0.05, 0) is 68.8 Å². The van der Waals surface area contributed by atoms with Crippen molar-refractivity contribution in [3.63, 3.8) is 0 Å². The molecule has 1 aromatic carbocycles. The van der Waals surface area contributed by atoms with Crippen molar-refractivity contribution in [2.24, 2.45) is 11.8 Å². The van der Waals surface area contributed by atoms with Gasteiger partial charge in [0.1, 0.15) is 0 Å². The van der Waals surface area contributed by atoms with Crippen LogP contribution in [0.5, 0.6) is 0 Å². The maximum atomic E-state index is 2.40. The molecule has 0 spiro atoms. The minimum absolute atomic E-state index is 0.408. The van der Waals surface area contributed by atoms with E-state index in [-0.39, 0.29) is 0 Å². The molecule has 0 atom stereocenters. The van der Waals surface area contributed by atoms with E-state index in [1.54, 1.807) is 5.56 Å². The Morgan fingerprint density at radius 2 is 1.52 bits per heavy atom. The monoisotopic (exact) mass is 310 g/mol. The number of allylic oxidation sites excluding steroid dienone is 2. The average molecular weight is 311 g/mol. The van der Waals surface area contributed by atoms with Crippen LogP contribution in [0, 0.1) is 18.8 Å². The van der Waals surface area contributed by atoms with Gasteiger partial charge < -0.3 is 0 Å². The van der Waals surface area contributed by atoms with E-state index in [2.05, 4.69) is 50.3 Å². The summed E-state index contributed by atoms with van der Waals surface area (Å²) < 4.78 is 0. The van der Waals surface area contributed by atoms with Gasteiger partial charge in [-0.2, -0.15) is 0 Å². The van der Waals surface area contributed by atoms with E-state index >= 15 is 0 Å². The van der Waals surface area contributed by atoms with E-state index in [1.165, 1.54) is 69.8 Å². The van der Waals surface area contributed by atoms with Gasteiger partial charge in [0.2, 0.25) is 0 Å². The quantitative estimate of drug-likeness (QED) is 0.527. The molecule has 2 aliphatic carbocycles. The molecule has 0 heterocycles. The summed E-state index contributed by atoms with van der Waals surface area (Å²) in [5, 5.41) is 0. The first-order chi connectivity index (χ1) is 11.2. The lowest BCUT2D eigenvalue weighted by molar-refractivity contribution is 0.148. The molecule has 0 amide bonds. The van der Waals surface area contributed by atoms with Crippen LogP contribution in [0.25, 0.3) is 0 Å². The summed E-state index contributed by atoms with van der Waals surface area (Å²) in [6.07, 6.45) is 19.0. The zero-order chi connectivity index (χ0) is 16.1. The summed E-state index contributed by atoms with van der Waals surface area (Å²) in [4.78, 5) is 0. The van der Waals surface area contributed by atoms with Crippen LogP contribution in [0.3, 0.4) is 0 Å². The van der Waals surface area contributed by atoms with Crippen molar-refractivity contribution in [2.75, 3.05) is 0 Å². The molecule has 0 heteroatoms. The van der Waals surface area contributed by atoms with Crippen molar-refractivity contribution >= 4 is 0 Å². The fourth-order valence-corrected chi connectivity index (χ4v) is 5.13. The third-order valence-electron chi connectivity index (χ3n) is 6.71. The molecular formula is C23H34. The molecule has 0 saturated heterocycles. The van der Waals surface area contributed by atoms with E-state index in [0.717, 1.165) is 11.8 Å².